The Hall–Kier alpha value is -1.65. The second-order valence-electron chi connectivity index (χ2n) is 8.99. The van der Waals surface area contributed by atoms with Gasteiger partial charge >= 0.3 is 5.97 Å². The normalized spacial score (nSPS) is 37.5. The van der Waals surface area contributed by atoms with E-state index in [0.717, 1.165) is 70.6 Å². The Morgan fingerprint density at radius 1 is 1.11 bits per heavy atom. The molecule has 7 heteroatoms. The summed E-state index contributed by atoms with van der Waals surface area (Å²) < 4.78 is 11.3. The van der Waals surface area contributed by atoms with E-state index in [4.69, 9.17) is 9.47 Å². The zero-order valence-corrected chi connectivity index (χ0v) is 16.6. The van der Waals surface area contributed by atoms with Crippen molar-refractivity contribution in [3.63, 3.8) is 0 Å². The van der Waals surface area contributed by atoms with Crippen LogP contribution in [0.15, 0.2) is 0 Å². The molecule has 2 atom stereocenters. The van der Waals surface area contributed by atoms with Crippen LogP contribution < -0.4 is 5.32 Å². The summed E-state index contributed by atoms with van der Waals surface area (Å²) in [5.41, 5.74) is -0.421. The lowest BCUT2D eigenvalue weighted by atomic mass is 9.57. The summed E-state index contributed by atoms with van der Waals surface area (Å²) in [6.45, 7) is 1.64. The predicted molar refractivity (Wildman–Crippen MR) is 101 cm³/mol. The van der Waals surface area contributed by atoms with E-state index in [1.54, 1.807) is 4.90 Å². The van der Waals surface area contributed by atoms with Crippen molar-refractivity contribution >= 4 is 11.9 Å². The first-order chi connectivity index (χ1) is 13.6. The van der Waals surface area contributed by atoms with Crippen molar-refractivity contribution in [2.75, 3.05) is 19.7 Å². The van der Waals surface area contributed by atoms with Gasteiger partial charge in [0, 0.05) is 18.5 Å². The second-order valence-corrected chi connectivity index (χ2v) is 8.99. The van der Waals surface area contributed by atoms with Gasteiger partial charge in [0.05, 0.1) is 24.6 Å². The molecule has 5 rings (SSSR count). The van der Waals surface area contributed by atoms with Gasteiger partial charge in [0.15, 0.2) is 0 Å². The standard InChI is InChI=1S/C21H31N3O4/c22-14-16-4-3-12-24(16)17(25)15-23-21-9-6-20(7-10-21,8-11-21)19(26)28-18-5-1-2-13-27-18/h16,18,23H,1-13,15H2/t16-,18?,20?,21?/m0/s1. The van der Waals surface area contributed by atoms with Crippen LogP contribution in [0.25, 0.3) is 0 Å². The van der Waals surface area contributed by atoms with Crippen LogP contribution in [0.1, 0.15) is 70.6 Å². The average molecular weight is 389 g/mol. The first-order valence-electron chi connectivity index (χ1n) is 10.8. The van der Waals surface area contributed by atoms with Crippen molar-refractivity contribution in [3.8, 4) is 6.07 Å². The van der Waals surface area contributed by atoms with Gasteiger partial charge in [0.25, 0.3) is 0 Å². The number of nitrogens with zero attached hydrogens (tertiary/aromatic N) is 2. The Kier molecular flexibility index (Phi) is 5.62. The fraction of sp³-hybridized carbons (Fsp3) is 0.857. The molecule has 3 aliphatic carbocycles. The number of ether oxygens (including phenoxy) is 2. The second kappa shape index (κ2) is 8.00. The smallest absolute Gasteiger partial charge is 0.314 e. The molecule has 0 aromatic rings. The van der Waals surface area contributed by atoms with Gasteiger partial charge in [-0.15, -0.1) is 0 Å². The molecule has 7 nitrogen and oxygen atoms in total. The molecular formula is C21H31N3O4. The number of carbonyl (C=O) groups is 2. The first kappa shape index (κ1) is 19.7. The van der Waals surface area contributed by atoms with Gasteiger partial charge in [0.1, 0.15) is 6.04 Å². The Labute approximate surface area is 166 Å². The molecule has 0 aromatic carbocycles. The molecule has 154 valence electrons. The lowest BCUT2D eigenvalue weighted by Gasteiger charge is -2.52. The van der Waals surface area contributed by atoms with Crippen molar-refractivity contribution < 1.29 is 19.1 Å². The van der Waals surface area contributed by atoms with Crippen LogP contribution in [0.2, 0.25) is 0 Å². The number of hydrogen-bond donors (Lipinski definition) is 1. The molecule has 1 unspecified atom stereocenters. The fourth-order valence-electron chi connectivity index (χ4n) is 5.37. The summed E-state index contributed by atoms with van der Waals surface area (Å²) in [6, 6.07) is 1.96. The summed E-state index contributed by atoms with van der Waals surface area (Å²) in [7, 11) is 0. The third-order valence-corrected chi connectivity index (χ3v) is 7.39. The highest BCUT2D eigenvalue weighted by atomic mass is 16.7. The van der Waals surface area contributed by atoms with Crippen LogP contribution in [0.4, 0.5) is 0 Å². The molecule has 2 heterocycles. The molecule has 3 saturated carbocycles. The number of nitrogens with one attached hydrogen (secondary N) is 1. The summed E-state index contributed by atoms with van der Waals surface area (Å²) in [5.74, 6) is -0.0626. The number of hydrogen-bond acceptors (Lipinski definition) is 6. The van der Waals surface area contributed by atoms with Crippen LogP contribution in [0.3, 0.4) is 0 Å². The Morgan fingerprint density at radius 2 is 1.86 bits per heavy atom. The summed E-state index contributed by atoms with van der Waals surface area (Å²) in [5, 5.41) is 12.7. The van der Waals surface area contributed by atoms with Crippen LogP contribution >= 0.6 is 0 Å². The monoisotopic (exact) mass is 389 g/mol. The Morgan fingerprint density at radius 3 is 2.50 bits per heavy atom. The highest BCUT2D eigenvalue weighted by Gasteiger charge is 2.53. The Bertz CT molecular complexity index is 628. The van der Waals surface area contributed by atoms with E-state index in [9.17, 15) is 14.9 Å². The predicted octanol–water partition coefficient (Wildman–Crippen LogP) is 2.25. The number of likely N-dealkylation sites (tertiary alicyclic amines) is 1. The molecule has 5 aliphatic rings. The van der Waals surface area contributed by atoms with E-state index in [1.807, 2.05) is 0 Å². The topological polar surface area (TPSA) is 91.7 Å². The third kappa shape index (κ3) is 3.77. The number of amides is 1. The quantitative estimate of drug-likeness (QED) is 0.725. The third-order valence-electron chi connectivity index (χ3n) is 7.39. The molecule has 2 aliphatic heterocycles. The molecule has 5 fully saturated rings. The van der Waals surface area contributed by atoms with Gasteiger partial charge < -0.3 is 19.7 Å². The minimum atomic E-state index is -0.367. The summed E-state index contributed by atoms with van der Waals surface area (Å²) in [6.07, 6.45) is 9.32. The molecule has 0 radical (unpaired) electrons. The summed E-state index contributed by atoms with van der Waals surface area (Å²) in [4.78, 5) is 27.1. The molecule has 0 aromatic heterocycles. The highest BCUT2D eigenvalue weighted by molar-refractivity contribution is 5.79. The zero-order valence-electron chi connectivity index (χ0n) is 16.6. The highest BCUT2D eigenvalue weighted by Crippen LogP contribution is 2.53. The summed E-state index contributed by atoms with van der Waals surface area (Å²) >= 11 is 0. The van der Waals surface area contributed by atoms with Gasteiger partial charge in [0.2, 0.25) is 12.2 Å². The minimum Gasteiger partial charge on any atom is -0.435 e. The number of rotatable bonds is 5. The van der Waals surface area contributed by atoms with Crippen LogP contribution in [-0.4, -0.2) is 54.3 Å². The molecule has 2 saturated heterocycles. The lowest BCUT2D eigenvalue weighted by molar-refractivity contribution is -0.203. The molecule has 0 spiro atoms. The number of nitriles is 1. The van der Waals surface area contributed by atoms with Crippen molar-refractivity contribution in [3.05, 3.63) is 0 Å². The number of carbonyl (C=O) groups excluding carboxylic acids is 2. The van der Waals surface area contributed by atoms with Crippen LogP contribution in [-0.2, 0) is 19.1 Å². The largest absolute Gasteiger partial charge is 0.435 e. The Balaban J connectivity index is 1.28. The SMILES string of the molecule is N#C[C@@H]1CCCN1C(=O)CNC12CCC(C(=O)OC3CCCCO3)(CC1)CC2. The van der Waals surface area contributed by atoms with Gasteiger partial charge in [-0.1, -0.05) is 0 Å². The maximum atomic E-state index is 12.8. The fourth-order valence-corrected chi connectivity index (χ4v) is 5.37. The average Bonchev–Trinajstić information content (AvgIpc) is 3.23. The molecular weight excluding hydrogens is 358 g/mol. The van der Waals surface area contributed by atoms with Crippen molar-refractivity contribution in [2.24, 2.45) is 5.41 Å². The van der Waals surface area contributed by atoms with Crippen molar-refractivity contribution in [1.82, 2.24) is 10.2 Å². The van der Waals surface area contributed by atoms with Gasteiger partial charge in [-0.3, -0.25) is 9.59 Å². The maximum absolute atomic E-state index is 12.8. The van der Waals surface area contributed by atoms with Gasteiger partial charge in [-0.25, -0.2) is 0 Å². The zero-order chi connectivity index (χ0) is 19.6. The van der Waals surface area contributed by atoms with E-state index in [2.05, 4.69) is 11.4 Å². The van der Waals surface area contributed by atoms with Crippen LogP contribution in [0.5, 0.6) is 0 Å². The van der Waals surface area contributed by atoms with E-state index < -0.39 is 0 Å². The number of fused-ring (bicyclic) bond motifs is 3. The molecule has 2 bridgehead atoms. The van der Waals surface area contributed by atoms with Crippen molar-refractivity contribution in [1.29, 1.82) is 5.26 Å². The molecule has 1 N–H and O–H groups in total. The first-order valence-corrected chi connectivity index (χ1v) is 10.8. The van der Waals surface area contributed by atoms with Crippen molar-refractivity contribution in [2.45, 2.75) is 88.5 Å². The van der Waals surface area contributed by atoms with E-state index in [-0.39, 0.29) is 41.7 Å². The lowest BCUT2D eigenvalue weighted by Crippen LogP contribution is -2.59. The van der Waals surface area contributed by atoms with Crippen LogP contribution in [0, 0.1) is 16.7 Å². The minimum absolute atomic E-state index is 0.0229. The van der Waals surface area contributed by atoms with E-state index in [1.165, 1.54) is 0 Å². The van der Waals surface area contributed by atoms with Gasteiger partial charge in [-0.2, -0.15) is 5.26 Å². The molecule has 1 amide bonds. The van der Waals surface area contributed by atoms with E-state index in [0.29, 0.717) is 13.2 Å². The maximum Gasteiger partial charge on any atom is 0.314 e. The van der Waals surface area contributed by atoms with Gasteiger partial charge in [-0.05, 0) is 64.2 Å². The van der Waals surface area contributed by atoms with E-state index >= 15 is 0 Å². The number of esters is 1. The molecule has 28 heavy (non-hydrogen) atoms.